The highest BCUT2D eigenvalue weighted by Crippen LogP contribution is 2.32. The number of ether oxygens (including phenoxy) is 1. The van der Waals surface area contributed by atoms with E-state index in [9.17, 15) is 0 Å². The van der Waals surface area contributed by atoms with Crippen LogP contribution < -0.4 is 4.74 Å². The van der Waals surface area contributed by atoms with Gasteiger partial charge in [0.15, 0.2) is 5.58 Å². The number of hydrogen-bond donors (Lipinski definition) is 0. The first kappa shape index (κ1) is 22.6. The molecular formula is C28H29N3O2S. The topological polar surface area (TPSA) is 62.3 Å². The number of rotatable bonds is 8. The molecule has 0 saturated carbocycles. The molecule has 1 aliphatic rings. The van der Waals surface area contributed by atoms with Crippen LogP contribution in [0.3, 0.4) is 0 Å². The number of likely N-dealkylation sites (tertiary alicyclic amines) is 1. The highest BCUT2D eigenvalue weighted by atomic mass is 32.1. The molecule has 0 unspecified atom stereocenters. The van der Waals surface area contributed by atoms with Crippen molar-refractivity contribution in [2.75, 3.05) is 13.1 Å². The Balaban J connectivity index is 1.15. The Kier molecular flexibility index (Phi) is 6.94. The van der Waals surface area contributed by atoms with Crippen molar-refractivity contribution in [2.24, 2.45) is 5.92 Å². The lowest BCUT2D eigenvalue weighted by Crippen LogP contribution is -2.33. The zero-order valence-corrected chi connectivity index (χ0v) is 20.3. The SMILES string of the molecule is Cc1c(OCc2ccc(C#N)s2)ccc2c(CCC3CCN(Cc4ccccc4)CC3)noc12. The summed E-state index contributed by atoms with van der Waals surface area (Å²) < 4.78 is 11.8. The predicted molar refractivity (Wildman–Crippen MR) is 135 cm³/mol. The molecule has 3 heterocycles. The summed E-state index contributed by atoms with van der Waals surface area (Å²) in [7, 11) is 0. The number of hydrogen-bond acceptors (Lipinski definition) is 6. The highest BCUT2D eigenvalue weighted by molar-refractivity contribution is 7.12. The lowest BCUT2D eigenvalue weighted by atomic mass is 9.91. The van der Waals surface area contributed by atoms with Crippen LogP contribution >= 0.6 is 11.3 Å². The molecule has 2 aromatic heterocycles. The highest BCUT2D eigenvalue weighted by Gasteiger charge is 2.21. The second-order valence-corrected chi connectivity index (χ2v) is 10.3. The second kappa shape index (κ2) is 10.4. The molecule has 0 aliphatic carbocycles. The third-order valence-electron chi connectivity index (χ3n) is 6.80. The first-order chi connectivity index (χ1) is 16.7. The van der Waals surface area contributed by atoms with Gasteiger partial charge in [0.05, 0.1) is 5.69 Å². The van der Waals surface area contributed by atoms with Crippen molar-refractivity contribution in [1.82, 2.24) is 10.1 Å². The van der Waals surface area contributed by atoms with Crippen molar-refractivity contribution in [1.29, 1.82) is 5.26 Å². The normalized spacial score (nSPS) is 14.9. The van der Waals surface area contributed by atoms with Gasteiger partial charge in [-0.3, -0.25) is 4.90 Å². The zero-order valence-electron chi connectivity index (χ0n) is 19.5. The lowest BCUT2D eigenvalue weighted by Gasteiger charge is -2.31. The quantitative estimate of drug-likeness (QED) is 0.294. The largest absolute Gasteiger partial charge is 0.488 e. The Hall–Kier alpha value is -3.14. The van der Waals surface area contributed by atoms with Crippen LogP contribution in [-0.2, 0) is 19.6 Å². The average Bonchev–Trinajstić information content (AvgIpc) is 3.51. The zero-order chi connectivity index (χ0) is 23.3. The summed E-state index contributed by atoms with van der Waals surface area (Å²) in [6, 6.07) is 20.8. The molecule has 1 saturated heterocycles. The van der Waals surface area contributed by atoms with Gasteiger partial charge in [-0.05, 0) is 81.4 Å². The Labute approximate surface area is 204 Å². The van der Waals surface area contributed by atoms with Gasteiger partial charge in [-0.25, -0.2) is 0 Å². The minimum atomic E-state index is 0.447. The third-order valence-corrected chi connectivity index (χ3v) is 7.76. The fourth-order valence-electron chi connectivity index (χ4n) is 4.79. The van der Waals surface area contributed by atoms with Gasteiger partial charge in [0.25, 0.3) is 0 Å². The van der Waals surface area contributed by atoms with Gasteiger partial charge in [-0.15, -0.1) is 11.3 Å². The van der Waals surface area contributed by atoms with Crippen LogP contribution in [-0.4, -0.2) is 23.1 Å². The molecule has 0 spiro atoms. The molecule has 1 aliphatic heterocycles. The van der Waals surface area contributed by atoms with Crippen LogP contribution in [0.15, 0.2) is 59.1 Å². The standard InChI is InChI=1S/C28H29N3O2S/c1-20-27(32-19-24-9-8-23(17-29)34-24)12-10-25-26(30-33-28(20)25)11-7-21-13-15-31(16-14-21)18-22-5-3-2-4-6-22/h2-6,8-10,12,21H,7,11,13-16,18-19H2,1H3. The van der Waals surface area contributed by atoms with Gasteiger partial charge in [0.1, 0.15) is 23.3 Å². The van der Waals surface area contributed by atoms with Crippen molar-refractivity contribution in [3.05, 3.63) is 81.2 Å². The molecule has 4 aromatic rings. The number of piperidine rings is 1. The number of aromatic nitrogens is 1. The second-order valence-electron chi connectivity index (χ2n) is 9.10. The van der Waals surface area contributed by atoms with Crippen LogP contribution in [0.1, 0.15) is 45.8 Å². The number of thiophene rings is 1. The lowest BCUT2D eigenvalue weighted by molar-refractivity contribution is 0.172. The van der Waals surface area contributed by atoms with E-state index in [4.69, 9.17) is 14.5 Å². The number of fused-ring (bicyclic) bond motifs is 1. The summed E-state index contributed by atoms with van der Waals surface area (Å²) in [4.78, 5) is 4.30. The molecule has 0 amide bonds. The van der Waals surface area contributed by atoms with Crippen molar-refractivity contribution in [3.63, 3.8) is 0 Å². The maximum atomic E-state index is 8.99. The van der Waals surface area contributed by atoms with Gasteiger partial charge >= 0.3 is 0 Å². The van der Waals surface area contributed by atoms with Gasteiger partial charge in [-0.1, -0.05) is 35.5 Å². The van der Waals surface area contributed by atoms with Crippen LogP contribution in [0.5, 0.6) is 5.75 Å². The van der Waals surface area contributed by atoms with E-state index in [0.29, 0.717) is 11.5 Å². The molecule has 6 heteroatoms. The number of nitriles is 1. The summed E-state index contributed by atoms with van der Waals surface area (Å²) in [5.74, 6) is 1.54. The summed E-state index contributed by atoms with van der Waals surface area (Å²) in [5.41, 5.74) is 4.24. The Morgan fingerprint density at radius 2 is 1.94 bits per heavy atom. The molecule has 0 radical (unpaired) electrons. The molecule has 1 fully saturated rings. The monoisotopic (exact) mass is 471 g/mol. The van der Waals surface area contributed by atoms with E-state index in [1.165, 1.54) is 42.8 Å². The smallest absolute Gasteiger partial charge is 0.173 e. The summed E-state index contributed by atoms with van der Waals surface area (Å²) >= 11 is 1.46. The molecule has 5 rings (SSSR count). The first-order valence-corrected chi connectivity index (χ1v) is 12.8. The fourth-order valence-corrected chi connectivity index (χ4v) is 5.50. The van der Waals surface area contributed by atoms with E-state index in [1.54, 1.807) is 0 Å². The minimum Gasteiger partial charge on any atom is -0.488 e. The van der Waals surface area contributed by atoms with E-state index < -0.39 is 0 Å². The van der Waals surface area contributed by atoms with Crippen LogP contribution in [0.25, 0.3) is 11.0 Å². The molecule has 0 bridgehead atoms. The van der Waals surface area contributed by atoms with Gasteiger partial charge < -0.3 is 9.26 Å². The molecule has 174 valence electrons. The summed E-state index contributed by atoms with van der Waals surface area (Å²) in [5, 5.41) is 14.5. The van der Waals surface area contributed by atoms with Crippen molar-refractivity contribution < 1.29 is 9.26 Å². The number of benzene rings is 2. The summed E-state index contributed by atoms with van der Waals surface area (Å²) in [6.45, 7) is 5.85. The van der Waals surface area contributed by atoms with Crippen LogP contribution in [0.4, 0.5) is 0 Å². The minimum absolute atomic E-state index is 0.447. The van der Waals surface area contributed by atoms with E-state index in [-0.39, 0.29) is 0 Å². The Bertz CT molecular complexity index is 1280. The molecule has 0 N–H and O–H groups in total. The van der Waals surface area contributed by atoms with E-state index in [2.05, 4.69) is 52.5 Å². The Morgan fingerprint density at radius 3 is 2.71 bits per heavy atom. The first-order valence-electron chi connectivity index (χ1n) is 12.0. The van der Waals surface area contributed by atoms with Gasteiger partial charge in [0, 0.05) is 22.4 Å². The fraction of sp³-hybridized carbons (Fsp3) is 0.357. The molecular weight excluding hydrogens is 442 g/mol. The molecule has 5 nitrogen and oxygen atoms in total. The maximum Gasteiger partial charge on any atom is 0.173 e. The van der Waals surface area contributed by atoms with Crippen molar-refractivity contribution >= 4 is 22.3 Å². The predicted octanol–water partition coefficient (Wildman–Crippen LogP) is 6.49. The van der Waals surface area contributed by atoms with Crippen molar-refractivity contribution in [2.45, 2.75) is 45.8 Å². The number of nitrogens with zero attached hydrogens (tertiary/aromatic N) is 3. The summed E-state index contributed by atoms with van der Waals surface area (Å²) in [6.07, 6.45) is 4.59. The van der Waals surface area contributed by atoms with E-state index in [0.717, 1.165) is 58.2 Å². The maximum absolute atomic E-state index is 8.99. The third kappa shape index (κ3) is 5.16. The van der Waals surface area contributed by atoms with E-state index in [1.807, 2.05) is 25.1 Å². The van der Waals surface area contributed by atoms with E-state index >= 15 is 0 Å². The molecule has 0 atom stereocenters. The number of aryl methyl sites for hydroxylation is 2. The van der Waals surface area contributed by atoms with Crippen LogP contribution in [0.2, 0.25) is 0 Å². The average molecular weight is 472 g/mol. The van der Waals surface area contributed by atoms with Crippen molar-refractivity contribution in [3.8, 4) is 11.8 Å². The van der Waals surface area contributed by atoms with Gasteiger partial charge in [0.2, 0.25) is 0 Å². The molecule has 2 aromatic carbocycles. The Morgan fingerprint density at radius 1 is 1.12 bits per heavy atom. The van der Waals surface area contributed by atoms with Crippen LogP contribution in [0, 0.1) is 24.2 Å². The van der Waals surface area contributed by atoms with Gasteiger partial charge in [-0.2, -0.15) is 5.26 Å². The molecule has 34 heavy (non-hydrogen) atoms.